The van der Waals surface area contributed by atoms with Crippen LogP contribution in [-0.4, -0.2) is 18.3 Å². The van der Waals surface area contributed by atoms with Crippen molar-refractivity contribution < 1.29 is 4.74 Å². The molecule has 3 nitrogen and oxygen atoms in total. The lowest BCUT2D eigenvalue weighted by Crippen LogP contribution is -2.28. The van der Waals surface area contributed by atoms with Crippen LogP contribution in [0.2, 0.25) is 0 Å². The molecule has 1 unspecified atom stereocenters. The van der Waals surface area contributed by atoms with Crippen LogP contribution in [0.25, 0.3) is 0 Å². The third kappa shape index (κ3) is 1.80. The zero-order chi connectivity index (χ0) is 11.7. The average Bonchev–Trinajstić information content (AvgIpc) is 2.63. The van der Waals surface area contributed by atoms with E-state index in [4.69, 9.17) is 4.74 Å². The summed E-state index contributed by atoms with van der Waals surface area (Å²) in [5.41, 5.74) is 2.23. The van der Waals surface area contributed by atoms with E-state index < -0.39 is 0 Å². The number of methoxy groups -OCH3 is 1. The molecule has 0 fully saturated rings. The highest BCUT2D eigenvalue weighted by atomic mass is 16.5. The quantitative estimate of drug-likeness (QED) is 0.782. The number of fused-ring (bicyclic) bond motifs is 1. The molecule has 16 heavy (non-hydrogen) atoms. The molecule has 2 rings (SSSR count). The van der Waals surface area contributed by atoms with Crippen molar-refractivity contribution in [1.29, 1.82) is 0 Å². The Kier molecular flexibility index (Phi) is 3.15. The molecule has 3 heteroatoms. The standard InChI is InChI=1S/C13H19NO2/c1-9(2)12-7-6-10-4-5-11(8-16-3)14(10)13(12)15/h6-7,9,11H,4-5,8H2,1-3H3. The van der Waals surface area contributed by atoms with E-state index >= 15 is 0 Å². The molecule has 88 valence electrons. The molecule has 0 saturated heterocycles. The number of hydrogen-bond donors (Lipinski definition) is 0. The van der Waals surface area contributed by atoms with Gasteiger partial charge >= 0.3 is 0 Å². The Morgan fingerprint density at radius 1 is 1.50 bits per heavy atom. The van der Waals surface area contributed by atoms with Crippen molar-refractivity contribution in [3.8, 4) is 0 Å². The molecule has 1 aliphatic heterocycles. The Bertz CT molecular complexity index is 432. The van der Waals surface area contributed by atoms with Crippen LogP contribution in [-0.2, 0) is 11.2 Å². The monoisotopic (exact) mass is 221 g/mol. The van der Waals surface area contributed by atoms with Gasteiger partial charge in [0.1, 0.15) is 0 Å². The molecular formula is C13H19NO2. The Morgan fingerprint density at radius 3 is 2.88 bits per heavy atom. The molecule has 0 spiro atoms. The first-order valence-corrected chi connectivity index (χ1v) is 5.88. The van der Waals surface area contributed by atoms with Crippen molar-refractivity contribution in [2.75, 3.05) is 13.7 Å². The summed E-state index contributed by atoms with van der Waals surface area (Å²) in [6, 6.07) is 4.30. The largest absolute Gasteiger partial charge is 0.383 e. The summed E-state index contributed by atoms with van der Waals surface area (Å²) >= 11 is 0. The van der Waals surface area contributed by atoms with Crippen molar-refractivity contribution in [3.05, 3.63) is 33.7 Å². The molecule has 1 aromatic rings. The number of pyridine rings is 1. The van der Waals surface area contributed by atoms with Gasteiger partial charge in [0.05, 0.1) is 12.6 Å². The average molecular weight is 221 g/mol. The fourth-order valence-corrected chi connectivity index (χ4v) is 2.44. The summed E-state index contributed by atoms with van der Waals surface area (Å²) in [6.07, 6.45) is 2.01. The molecule has 1 aromatic heterocycles. The second kappa shape index (κ2) is 4.42. The zero-order valence-electron chi connectivity index (χ0n) is 10.2. The predicted octanol–water partition coefficient (Wildman–Crippen LogP) is 2.11. The smallest absolute Gasteiger partial charge is 0.254 e. The van der Waals surface area contributed by atoms with Crippen LogP contribution >= 0.6 is 0 Å². The molecule has 0 amide bonds. The van der Waals surface area contributed by atoms with E-state index in [0.717, 1.165) is 24.1 Å². The third-order valence-electron chi connectivity index (χ3n) is 3.31. The highest BCUT2D eigenvalue weighted by Gasteiger charge is 2.24. The molecule has 0 aromatic carbocycles. The number of nitrogens with zero attached hydrogens (tertiary/aromatic N) is 1. The fraction of sp³-hybridized carbons (Fsp3) is 0.615. The minimum absolute atomic E-state index is 0.173. The molecule has 0 aliphatic carbocycles. The molecule has 0 bridgehead atoms. The van der Waals surface area contributed by atoms with Gasteiger partial charge < -0.3 is 9.30 Å². The predicted molar refractivity (Wildman–Crippen MR) is 64.0 cm³/mol. The fourth-order valence-electron chi connectivity index (χ4n) is 2.44. The number of ether oxygens (including phenoxy) is 1. The van der Waals surface area contributed by atoms with Gasteiger partial charge in [-0.2, -0.15) is 0 Å². The number of hydrogen-bond acceptors (Lipinski definition) is 2. The summed E-state index contributed by atoms with van der Waals surface area (Å²) in [4.78, 5) is 12.3. The molecular weight excluding hydrogens is 202 g/mol. The lowest BCUT2D eigenvalue weighted by molar-refractivity contribution is 0.157. The van der Waals surface area contributed by atoms with E-state index in [1.54, 1.807) is 7.11 Å². The van der Waals surface area contributed by atoms with E-state index in [-0.39, 0.29) is 17.5 Å². The van der Waals surface area contributed by atoms with Crippen molar-refractivity contribution >= 4 is 0 Å². The highest BCUT2D eigenvalue weighted by molar-refractivity contribution is 5.22. The maximum absolute atomic E-state index is 12.3. The molecule has 0 saturated carbocycles. The van der Waals surface area contributed by atoms with Crippen LogP contribution < -0.4 is 5.56 Å². The minimum atomic E-state index is 0.173. The van der Waals surface area contributed by atoms with Gasteiger partial charge in [-0.15, -0.1) is 0 Å². The van der Waals surface area contributed by atoms with Gasteiger partial charge in [0, 0.05) is 18.4 Å². The summed E-state index contributed by atoms with van der Waals surface area (Å²) < 4.78 is 7.11. The van der Waals surface area contributed by atoms with E-state index in [2.05, 4.69) is 19.9 Å². The molecule has 0 radical (unpaired) electrons. The molecule has 0 N–H and O–H groups in total. The first-order valence-electron chi connectivity index (χ1n) is 5.88. The maximum Gasteiger partial charge on any atom is 0.254 e. The number of aromatic nitrogens is 1. The third-order valence-corrected chi connectivity index (χ3v) is 3.31. The van der Waals surface area contributed by atoms with Gasteiger partial charge in [-0.3, -0.25) is 4.79 Å². The van der Waals surface area contributed by atoms with Crippen molar-refractivity contribution in [2.24, 2.45) is 0 Å². The van der Waals surface area contributed by atoms with E-state index in [1.165, 1.54) is 0 Å². The summed E-state index contributed by atoms with van der Waals surface area (Å²) in [5, 5.41) is 0. The van der Waals surface area contributed by atoms with Crippen molar-refractivity contribution in [3.63, 3.8) is 0 Å². The van der Waals surface area contributed by atoms with Gasteiger partial charge in [0.15, 0.2) is 0 Å². The lowest BCUT2D eigenvalue weighted by atomic mass is 10.1. The minimum Gasteiger partial charge on any atom is -0.383 e. The summed E-state index contributed by atoms with van der Waals surface area (Å²) in [5.74, 6) is 0.286. The second-order valence-electron chi connectivity index (χ2n) is 4.76. The van der Waals surface area contributed by atoms with E-state index in [1.807, 2.05) is 10.6 Å². The topological polar surface area (TPSA) is 31.2 Å². The van der Waals surface area contributed by atoms with Crippen molar-refractivity contribution in [2.45, 2.75) is 38.6 Å². The van der Waals surface area contributed by atoms with Gasteiger partial charge in [0.25, 0.3) is 5.56 Å². The van der Waals surface area contributed by atoms with Crippen LogP contribution in [0.1, 0.15) is 43.5 Å². The van der Waals surface area contributed by atoms with Crippen LogP contribution in [0, 0.1) is 0 Å². The van der Waals surface area contributed by atoms with Crippen LogP contribution in [0.4, 0.5) is 0 Å². The Morgan fingerprint density at radius 2 is 2.25 bits per heavy atom. The highest BCUT2D eigenvalue weighted by Crippen LogP contribution is 2.25. The first-order chi connectivity index (χ1) is 7.65. The lowest BCUT2D eigenvalue weighted by Gasteiger charge is -2.15. The van der Waals surface area contributed by atoms with E-state index in [9.17, 15) is 4.79 Å². The van der Waals surface area contributed by atoms with E-state index in [0.29, 0.717) is 6.61 Å². The molecule has 1 aliphatic rings. The Labute approximate surface area is 96.0 Å². The Hall–Kier alpha value is -1.09. The van der Waals surface area contributed by atoms with Gasteiger partial charge in [-0.25, -0.2) is 0 Å². The number of rotatable bonds is 3. The normalized spacial score (nSPS) is 19.1. The molecule has 1 atom stereocenters. The SMILES string of the molecule is COCC1CCc2ccc(C(C)C)c(=O)n21. The van der Waals surface area contributed by atoms with Crippen LogP contribution in [0.5, 0.6) is 0 Å². The van der Waals surface area contributed by atoms with Gasteiger partial charge in [0.2, 0.25) is 0 Å². The summed E-state index contributed by atoms with van der Waals surface area (Å²) in [6.45, 7) is 4.75. The van der Waals surface area contributed by atoms with Crippen LogP contribution in [0.15, 0.2) is 16.9 Å². The second-order valence-corrected chi connectivity index (χ2v) is 4.76. The van der Waals surface area contributed by atoms with Crippen LogP contribution in [0.3, 0.4) is 0 Å². The zero-order valence-corrected chi connectivity index (χ0v) is 10.2. The Balaban J connectivity index is 2.47. The maximum atomic E-state index is 12.3. The van der Waals surface area contributed by atoms with Crippen molar-refractivity contribution in [1.82, 2.24) is 4.57 Å². The summed E-state index contributed by atoms with van der Waals surface area (Å²) in [7, 11) is 1.69. The number of aryl methyl sites for hydroxylation is 1. The molecule has 2 heterocycles. The van der Waals surface area contributed by atoms with Gasteiger partial charge in [-0.1, -0.05) is 19.9 Å². The van der Waals surface area contributed by atoms with Gasteiger partial charge in [-0.05, 0) is 24.8 Å². The first kappa shape index (κ1) is 11.4.